The molecule has 0 aliphatic carbocycles. The lowest BCUT2D eigenvalue weighted by Crippen LogP contribution is -2.14. The Morgan fingerprint density at radius 3 is 2.79 bits per heavy atom. The third-order valence-corrected chi connectivity index (χ3v) is 2.72. The van der Waals surface area contributed by atoms with Crippen molar-refractivity contribution in [1.29, 1.82) is 0 Å². The molecule has 0 fully saturated rings. The van der Waals surface area contributed by atoms with Crippen molar-refractivity contribution >= 4 is 17.4 Å². The number of halogens is 1. The fraction of sp³-hybridized carbons (Fsp3) is 0.231. The standard InChI is InChI=1S/C13H15FN4O/c1-7(2)11-6-12(18-17-11)16-13(19)9-5-8(14)3-4-10(9)15/h3-7H,15H2,1-2H3,(H2,16,17,18,19). The number of nitrogen functional groups attached to an aromatic ring is 1. The lowest BCUT2D eigenvalue weighted by molar-refractivity contribution is 0.102. The van der Waals surface area contributed by atoms with Crippen molar-refractivity contribution in [1.82, 2.24) is 10.2 Å². The minimum absolute atomic E-state index is 0.0918. The first-order valence-electron chi connectivity index (χ1n) is 5.89. The largest absolute Gasteiger partial charge is 0.398 e. The highest BCUT2D eigenvalue weighted by Crippen LogP contribution is 2.18. The smallest absolute Gasteiger partial charge is 0.259 e. The number of aromatic nitrogens is 2. The zero-order valence-corrected chi connectivity index (χ0v) is 10.7. The summed E-state index contributed by atoms with van der Waals surface area (Å²) < 4.78 is 13.1. The summed E-state index contributed by atoms with van der Waals surface area (Å²) in [5.41, 5.74) is 6.86. The van der Waals surface area contributed by atoms with Crippen molar-refractivity contribution in [3.05, 3.63) is 41.3 Å². The summed E-state index contributed by atoms with van der Waals surface area (Å²) in [4.78, 5) is 12.0. The number of carbonyl (C=O) groups is 1. The van der Waals surface area contributed by atoms with Crippen LogP contribution in [0, 0.1) is 5.82 Å². The molecule has 1 amide bonds. The van der Waals surface area contributed by atoms with Gasteiger partial charge < -0.3 is 11.1 Å². The Labute approximate surface area is 110 Å². The summed E-state index contributed by atoms with van der Waals surface area (Å²) in [5, 5.41) is 9.36. The molecular formula is C13H15FN4O. The van der Waals surface area contributed by atoms with Crippen LogP contribution in [-0.2, 0) is 0 Å². The lowest BCUT2D eigenvalue weighted by atomic mass is 10.1. The Balaban J connectivity index is 2.18. The first-order valence-corrected chi connectivity index (χ1v) is 5.89. The van der Waals surface area contributed by atoms with Gasteiger partial charge >= 0.3 is 0 Å². The van der Waals surface area contributed by atoms with Crippen LogP contribution >= 0.6 is 0 Å². The number of amides is 1. The normalized spacial score (nSPS) is 10.7. The molecule has 0 aliphatic heterocycles. The average molecular weight is 262 g/mol. The number of H-pyrrole nitrogens is 1. The average Bonchev–Trinajstić information content (AvgIpc) is 2.80. The van der Waals surface area contributed by atoms with Gasteiger partial charge in [-0.1, -0.05) is 13.8 Å². The highest BCUT2D eigenvalue weighted by atomic mass is 19.1. The van der Waals surface area contributed by atoms with E-state index < -0.39 is 11.7 Å². The lowest BCUT2D eigenvalue weighted by Gasteiger charge is -2.05. The van der Waals surface area contributed by atoms with E-state index in [0.717, 1.165) is 11.8 Å². The third kappa shape index (κ3) is 2.90. The van der Waals surface area contributed by atoms with Gasteiger partial charge in [0.05, 0.1) is 5.56 Å². The second-order valence-electron chi connectivity index (χ2n) is 4.55. The number of hydrogen-bond donors (Lipinski definition) is 3. The molecule has 2 aromatic rings. The van der Waals surface area contributed by atoms with Gasteiger partial charge in [0.1, 0.15) is 5.82 Å². The zero-order chi connectivity index (χ0) is 14.0. The van der Waals surface area contributed by atoms with Crippen LogP contribution < -0.4 is 11.1 Å². The molecule has 0 radical (unpaired) electrons. The molecule has 5 nitrogen and oxygen atoms in total. The highest BCUT2D eigenvalue weighted by Gasteiger charge is 2.13. The van der Waals surface area contributed by atoms with E-state index in [-0.39, 0.29) is 17.2 Å². The number of carbonyl (C=O) groups excluding carboxylic acids is 1. The third-order valence-electron chi connectivity index (χ3n) is 2.72. The number of rotatable bonds is 3. The Hall–Kier alpha value is -2.37. The molecule has 0 spiro atoms. The molecule has 0 unspecified atom stereocenters. The van der Waals surface area contributed by atoms with Gasteiger partial charge in [0.2, 0.25) is 0 Å². The van der Waals surface area contributed by atoms with Crippen molar-refractivity contribution in [2.75, 3.05) is 11.1 Å². The Morgan fingerprint density at radius 1 is 1.42 bits per heavy atom. The molecule has 0 saturated heterocycles. The van der Waals surface area contributed by atoms with Crippen LogP contribution in [0.25, 0.3) is 0 Å². The van der Waals surface area contributed by atoms with Crippen LogP contribution in [-0.4, -0.2) is 16.1 Å². The van der Waals surface area contributed by atoms with Gasteiger partial charge in [-0.3, -0.25) is 9.89 Å². The number of nitrogens with two attached hydrogens (primary N) is 1. The van der Waals surface area contributed by atoms with Crippen molar-refractivity contribution in [3.63, 3.8) is 0 Å². The zero-order valence-electron chi connectivity index (χ0n) is 10.7. The number of benzene rings is 1. The maximum absolute atomic E-state index is 13.1. The number of aromatic amines is 1. The van der Waals surface area contributed by atoms with Gasteiger partial charge in [0.15, 0.2) is 5.82 Å². The molecule has 6 heteroatoms. The number of hydrogen-bond acceptors (Lipinski definition) is 3. The Bertz CT molecular complexity index is 606. The fourth-order valence-electron chi connectivity index (χ4n) is 1.61. The minimum atomic E-state index is -0.510. The molecular weight excluding hydrogens is 247 g/mol. The SMILES string of the molecule is CC(C)c1cc(NC(=O)c2cc(F)ccc2N)n[nH]1. The molecule has 0 aliphatic rings. The molecule has 0 saturated carbocycles. The van der Waals surface area contributed by atoms with Gasteiger partial charge in [0.25, 0.3) is 5.91 Å². The van der Waals surface area contributed by atoms with E-state index in [1.807, 2.05) is 13.8 Å². The van der Waals surface area contributed by atoms with E-state index >= 15 is 0 Å². The second-order valence-corrected chi connectivity index (χ2v) is 4.55. The second kappa shape index (κ2) is 5.09. The van der Waals surface area contributed by atoms with Gasteiger partial charge in [0, 0.05) is 17.4 Å². The summed E-state index contributed by atoms with van der Waals surface area (Å²) in [6.45, 7) is 4.01. The van der Waals surface area contributed by atoms with Crippen LogP contribution in [0.1, 0.15) is 35.8 Å². The molecule has 100 valence electrons. The first kappa shape index (κ1) is 13.1. The topological polar surface area (TPSA) is 83.8 Å². The van der Waals surface area contributed by atoms with E-state index in [4.69, 9.17) is 5.73 Å². The minimum Gasteiger partial charge on any atom is -0.398 e. The summed E-state index contributed by atoms with van der Waals surface area (Å²) >= 11 is 0. The van der Waals surface area contributed by atoms with E-state index in [1.54, 1.807) is 6.07 Å². The molecule has 1 aromatic heterocycles. The molecule has 1 aromatic carbocycles. The van der Waals surface area contributed by atoms with Crippen LogP contribution in [0.5, 0.6) is 0 Å². The fourth-order valence-corrected chi connectivity index (χ4v) is 1.61. The van der Waals surface area contributed by atoms with Gasteiger partial charge in [-0.15, -0.1) is 0 Å². The maximum atomic E-state index is 13.1. The van der Waals surface area contributed by atoms with Crippen LogP contribution in [0.3, 0.4) is 0 Å². The molecule has 0 atom stereocenters. The van der Waals surface area contributed by atoms with Crippen LogP contribution in [0.4, 0.5) is 15.9 Å². The van der Waals surface area contributed by atoms with E-state index in [9.17, 15) is 9.18 Å². The van der Waals surface area contributed by atoms with E-state index in [0.29, 0.717) is 5.82 Å². The van der Waals surface area contributed by atoms with Gasteiger partial charge in [-0.25, -0.2) is 4.39 Å². The molecule has 2 rings (SSSR count). The van der Waals surface area contributed by atoms with Crippen molar-refractivity contribution < 1.29 is 9.18 Å². The molecule has 19 heavy (non-hydrogen) atoms. The van der Waals surface area contributed by atoms with Crippen LogP contribution in [0.15, 0.2) is 24.3 Å². The molecule has 1 heterocycles. The van der Waals surface area contributed by atoms with Crippen molar-refractivity contribution in [3.8, 4) is 0 Å². The predicted octanol–water partition coefficient (Wildman–Crippen LogP) is 2.51. The predicted molar refractivity (Wildman–Crippen MR) is 71.4 cm³/mol. The summed E-state index contributed by atoms with van der Waals surface area (Å²) in [5.74, 6) is -0.335. The monoisotopic (exact) mass is 262 g/mol. The first-order chi connectivity index (χ1) is 8.97. The van der Waals surface area contributed by atoms with Gasteiger partial charge in [-0.2, -0.15) is 5.10 Å². The number of anilines is 2. The number of nitrogens with zero attached hydrogens (tertiary/aromatic N) is 1. The summed E-state index contributed by atoms with van der Waals surface area (Å²) in [7, 11) is 0. The quantitative estimate of drug-likeness (QED) is 0.743. The van der Waals surface area contributed by atoms with Crippen LogP contribution in [0.2, 0.25) is 0 Å². The molecule has 0 bridgehead atoms. The summed E-state index contributed by atoms with van der Waals surface area (Å²) in [6.07, 6.45) is 0. The summed E-state index contributed by atoms with van der Waals surface area (Å²) in [6, 6.07) is 5.39. The maximum Gasteiger partial charge on any atom is 0.259 e. The Kier molecular flexibility index (Phi) is 3.50. The Morgan fingerprint density at radius 2 is 2.16 bits per heavy atom. The molecule has 4 N–H and O–H groups in total. The van der Waals surface area contributed by atoms with Gasteiger partial charge in [-0.05, 0) is 24.1 Å². The van der Waals surface area contributed by atoms with E-state index in [2.05, 4.69) is 15.5 Å². The van der Waals surface area contributed by atoms with Crippen molar-refractivity contribution in [2.45, 2.75) is 19.8 Å². The number of nitrogens with one attached hydrogen (secondary N) is 2. The van der Waals surface area contributed by atoms with E-state index in [1.165, 1.54) is 12.1 Å². The highest BCUT2D eigenvalue weighted by molar-refractivity contribution is 6.07. The van der Waals surface area contributed by atoms with Crippen molar-refractivity contribution in [2.24, 2.45) is 0 Å².